The van der Waals surface area contributed by atoms with Crippen LogP contribution in [0.15, 0.2) is 54.7 Å². The van der Waals surface area contributed by atoms with Crippen LogP contribution in [0.1, 0.15) is 56.0 Å². The molecular weight excluding hydrogens is 531 g/mol. The van der Waals surface area contributed by atoms with Gasteiger partial charge in [-0.3, -0.25) is 0 Å². The zero-order valence-electron chi connectivity index (χ0n) is 22.9. The third-order valence-corrected chi connectivity index (χ3v) is 10.2. The second-order valence-corrected chi connectivity index (χ2v) is 15.1. The maximum absolute atomic E-state index is 13.3. The third kappa shape index (κ3) is 7.08. The Balaban J connectivity index is 1.48. The third-order valence-electron chi connectivity index (χ3n) is 7.46. The number of benzene rings is 2. The molecule has 10 heteroatoms. The summed E-state index contributed by atoms with van der Waals surface area (Å²) >= 11 is 1.61. The molecule has 0 bridgehead atoms. The van der Waals surface area contributed by atoms with Crippen LogP contribution >= 0.6 is 18.5 Å². The number of nitrogens with zero attached hydrogens (tertiary/aromatic N) is 1. The number of aromatic nitrogens is 1. The van der Waals surface area contributed by atoms with Crippen molar-refractivity contribution in [3.63, 3.8) is 0 Å². The fourth-order valence-corrected chi connectivity index (χ4v) is 7.60. The molecular formula is C29H37N4O4PS. The average molecular weight is 569 g/mol. The molecule has 3 amide bonds. The number of ether oxygens (including phenoxy) is 1. The van der Waals surface area contributed by atoms with Gasteiger partial charge in [-0.05, 0) is 62.6 Å². The number of nitrogens with one attached hydrogen (secondary N) is 2. The minimum Gasteiger partial charge on any atom is -0.443 e. The molecule has 0 unspecified atom stereocenters. The fourth-order valence-electron chi connectivity index (χ4n) is 5.17. The van der Waals surface area contributed by atoms with Gasteiger partial charge in [-0.2, -0.15) is 0 Å². The molecule has 39 heavy (non-hydrogen) atoms. The number of primary amides is 1. The molecule has 1 heterocycles. The largest absolute Gasteiger partial charge is 0.443 e. The van der Waals surface area contributed by atoms with E-state index in [1.807, 2.05) is 48.7 Å². The first-order valence-corrected chi connectivity index (χ1v) is 16.6. The first kappa shape index (κ1) is 28.8. The first-order chi connectivity index (χ1) is 18.5. The number of rotatable bonds is 8. The van der Waals surface area contributed by atoms with Crippen LogP contribution in [-0.4, -0.2) is 36.0 Å². The molecule has 0 saturated heterocycles. The summed E-state index contributed by atoms with van der Waals surface area (Å²) in [6, 6.07) is 14.9. The predicted octanol–water partition coefficient (Wildman–Crippen LogP) is 6.53. The van der Waals surface area contributed by atoms with Gasteiger partial charge in [0.1, 0.15) is 12.7 Å². The molecule has 0 spiro atoms. The Morgan fingerprint density at radius 2 is 1.85 bits per heavy atom. The molecule has 0 radical (unpaired) electrons. The van der Waals surface area contributed by atoms with Gasteiger partial charge in [-0.1, -0.05) is 50.2 Å². The minimum absolute atomic E-state index is 0.177. The van der Waals surface area contributed by atoms with Crippen molar-refractivity contribution in [2.75, 3.05) is 18.6 Å². The highest BCUT2D eigenvalue weighted by Crippen LogP contribution is 2.46. The quantitative estimate of drug-likeness (QED) is 0.267. The lowest BCUT2D eigenvalue weighted by molar-refractivity contribution is -0.0501. The van der Waals surface area contributed by atoms with Crippen LogP contribution < -0.4 is 21.7 Å². The molecule has 1 saturated carbocycles. The smallest absolute Gasteiger partial charge is 0.405 e. The van der Waals surface area contributed by atoms with E-state index in [2.05, 4.69) is 24.5 Å². The van der Waals surface area contributed by atoms with Crippen LogP contribution in [0.4, 0.5) is 15.3 Å². The van der Waals surface area contributed by atoms with Crippen molar-refractivity contribution in [2.45, 2.75) is 57.6 Å². The van der Waals surface area contributed by atoms with Crippen LogP contribution in [0.2, 0.25) is 0 Å². The summed E-state index contributed by atoms with van der Waals surface area (Å²) in [5, 5.41) is 7.44. The molecule has 4 rings (SSSR count). The number of nitrogens with two attached hydrogens (primary N) is 1. The fraction of sp³-hybridized carbons (Fsp3) is 0.414. The van der Waals surface area contributed by atoms with E-state index in [1.165, 1.54) is 0 Å². The van der Waals surface area contributed by atoms with Crippen molar-refractivity contribution in [3.05, 3.63) is 65.3 Å². The number of amides is 3. The van der Waals surface area contributed by atoms with E-state index in [4.69, 9.17) is 15.5 Å². The van der Waals surface area contributed by atoms with Gasteiger partial charge >= 0.3 is 12.1 Å². The molecule has 1 fully saturated rings. The van der Waals surface area contributed by atoms with Gasteiger partial charge in [0.2, 0.25) is 0 Å². The van der Waals surface area contributed by atoms with Crippen molar-refractivity contribution in [1.29, 1.82) is 0 Å². The van der Waals surface area contributed by atoms with Crippen LogP contribution in [0.25, 0.3) is 10.4 Å². The molecule has 0 atom stereocenters. The highest BCUT2D eigenvalue weighted by molar-refractivity contribution is 7.70. The molecule has 0 aliphatic heterocycles. The summed E-state index contributed by atoms with van der Waals surface area (Å²) in [4.78, 5) is 29.7. The second-order valence-electron chi connectivity index (χ2n) is 10.9. The lowest BCUT2D eigenvalue weighted by Crippen LogP contribution is -2.44. The number of hydrogen-bond donors (Lipinski definition) is 3. The molecule has 8 nitrogen and oxygen atoms in total. The number of carbonyl (C=O) groups excluding carboxylic acids is 2. The van der Waals surface area contributed by atoms with Crippen molar-refractivity contribution in [3.8, 4) is 10.4 Å². The van der Waals surface area contributed by atoms with E-state index in [1.54, 1.807) is 30.7 Å². The summed E-state index contributed by atoms with van der Waals surface area (Å²) in [6.07, 6.45) is 4.31. The van der Waals surface area contributed by atoms with Gasteiger partial charge in [0, 0.05) is 35.2 Å². The van der Waals surface area contributed by atoms with Gasteiger partial charge in [0.15, 0.2) is 0 Å². The topological polar surface area (TPSA) is 123 Å². The highest BCUT2D eigenvalue weighted by atomic mass is 32.1. The molecule has 4 N–H and O–H groups in total. The Bertz CT molecular complexity index is 1360. The van der Waals surface area contributed by atoms with E-state index in [-0.39, 0.29) is 17.9 Å². The van der Waals surface area contributed by atoms with Crippen LogP contribution in [-0.2, 0) is 15.8 Å². The highest BCUT2D eigenvalue weighted by Gasteiger charge is 2.42. The maximum Gasteiger partial charge on any atom is 0.405 e. The minimum atomic E-state index is -2.67. The van der Waals surface area contributed by atoms with E-state index < -0.39 is 18.8 Å². The van der Waals surface area contributed by atoms with E-state index >= 15 is 0 Å². The molecule has 208 valence electrons. The summed E-state index contributed by atoms with van der Waals surface area (Å²) in [5.74, 6) is 0.441. The zero-order chi connectivity index (χ0) is 28.2. The van der Waals surface area contributed by atoms with Gasteiger partial charge < -0.3 is 25.7 Å². The summed E-state index contributed by atoms with van der Waals surface area (Å²) < 4.78 is 18.9. The average Bonchev–Trinajstić information content (AvgIpc) is 3.38. The van der Waals surface area contributed by atoms with Crippen LogP contribution in [0, 0.1) is 5.92 Å². The standard InChI is InChI=1S/C29H37N4O4PS/c1-19(2)29(37-27(30)34)14-12-21(13-15-29)26-31-18-25(39-26)23-11-10-22(16-24(23)38(3,4)36)33-28(35)32-17-20-8-6-5-7-9-20/h5-11,16,18-19,21H,12-15,17H2,1-4H3,(H2,30,34)(H2,32,33,35). The van der Waals surface area contributed by atoms with Crippen LogP contribution in [0.5, 0.6) is 0 Å². The number of thiazole rings is 1. The van der Waals surface area contributed by atoms with Gasteiger partial charge in [0.05, 0.1) is 9.88 Å². The van der Waals surface area contributed by atoms with Crippen molar-refractivity contribution in [1.82, 2.24) is 10.3 Å². The Labute approximate surface area is 234 Å². The Morgan fingerprint density at radius 1 is 1.15 bits per heavy atom. The summed E-state index contributed by atoms with van der Waals surface area (Å²) in [5.41, 5.74) is 7.29. The van der Waals surface area contributed by atoms with E-state index in [0.29, 0.717) is 17.5 Å². The SMILES string of the molecule is CC(C)C1(OC(N)=O)CCC(c2ncc(-c3ccc(NC(=O)NCc4ccccc4)cc3P(C)(C)=O)s2)CC1. The number of urea groups is 1. The molecule has 2 aromatic carbocycles. The lowest BCUT2D eigenvalue weighted by atomic mass is 9.73. The van der Waals surface area contributed by atoms with Gasteiger partial charge in [0.25, 0.3) is 0 Å². The zero-order valence-corrected chi connectivity index (χ0v) is 24.6. The summed E-state index contributed by atoms with van der Waals surface area (Å²) in [6.45, 7) is 8.00. The van der Waals surface area contributed by atoms with E-state index in [0.717, 1.165) is 46.7 Å². The van der Waals surface area contributed by atoms with Crippen molar-refractivity contribution < 1.29 is 18.9 Å². The number of anilines is 1. The normalized spacial score (nSPS) is 19.5. The van der Waals surface area contributed by atoms with Crippen molar-refractivity contribution in [2.24, 2.45) is 11.7 Å². The van der Waals surface area contributed by atoms with Gasteiger partial charge in [-0.15, -0.1) is 11.3 Å². The first-order valence-electron chi connectivity index (χ1n) is 13.2. The van der Waals surface area contributed by atoms with Crippen molar-refractivity contribution >= 4 is 41.6 Å². The Morgan fingerprint density at radius 3 is 2.46 bits per heavy atom. The molecule has 3 aromatic rings. The number of carbonyl (C=O) groups is 2. The number of hydrogen-bond acceptors (Lipinski definition) is 6. The Kier molecular flexibility index (Phi) is 8.82. The Hall–Kier alpha value is -3.16. The summed E-state index contributed by atoms with van der Waals surface area (Å²) in [7, 11) is -2.67. The molecule has 1 aliphatic carbocycles. The molecule has 1 aromatic heterocycles. The monoisotopic (exact) mass is 568 g/mol. The second kappa shape index (κ2) is 11.9. The lowest BCUT2D eigenvalue weighted by Gasteiger charge is -2.41. The van der Waals surface area contributed by atoms with Gasteiger partial charge in [-0.25, -0.2) is 14.6 Å². The maximum atomic E-state index is 13.3. The van der Waals surface area contributed by atoms with E-state index in [9.17, 15) is 14.2 Å². The van der Waals surface area contributed by atoms with Crippen LogP contribution in [0.3, 0.4) is 0 Å². The molecule has 1 aliphatic rings. The predicted molar refractivity (Wildman–Crippen MR) is 158 cm³/mol.